The zero-order valence-electron chi connectivity index (χ0n) is 14.3. The second-order valence-electron chi connectivity index (χ2n) is 5.85. The summed E-state index contributed by atoms with van der Waals surface area (Å²) in [7, 11) is 0. The van der Waals surface area contributed by atoms with E-state index in [4.69, 9.17) is 5.11 Å². The van der Waals surface area contributed by atoms with Crippen LogP contribution in [0.2, 0.25) is 0 Å². The molecule has 132 valence electrons. The molecule has 0 saturated carbocycles. The molecule has 0 bridgehead atoms. The molecule has 0 aromatic carbocycles. The fraction of sp³-hybridized carbons (Fsp3) is 0.722. The van der Waals surface area contributed by atoms with Gasteiger partial charge in [0.2, 0.25) is 5.70 Å². The van der Waals surface area contributed by atoms with Gasteiger partial charge in [-0.15, -0.1) is 0 Å². The second-order valence-corrected chi connectivity index (χ2v) is 5.85. The minimum atomic E-state index is -0.759. The highest BCUT2D eigenvalue weighted by Crippen LogP contribution is 2.13. The van der Waals surface area contributed by atoms with E-state index in [1.54, 1.807) is 12.2 Å². The number of hydrogen-bond acceptors (Lipinski definition) is 3. The molecule has 0 aliphatic rings. The zero-order valence-corrected chi connectivity index (χ0v) is 14.3. The third-order valence-electron chi connectivity index (χ3n) is 3.71. The van der Waals surface area contributed by atoms with Gasteiger partial charge in [0.15, 0.2) is 0 Å². The Labute approximate surface area is 139 Å². The highest BCUT2D eigenvalue weighted by molar-refractivity contribution is 5.66. The molecule has 0 atom stereocenters. The number of carboxylic acids is 1. The van der Waals surface area contributed by atoms with Crippen molar-refractivity contribution in [1.29, 1.82) is 0 Å². The summed E-state index contributed by atoms with van der Waals surface area (Å²) < 4.78 is 0. The molecular weight excluding hydrogens is 294 g/mol. The maximum Gasteiger partial charge on any atom is 0.303 e. The summed E-state index contributed by atoms with van der Waals surface area (Å²) in [5.41, 5.74) is 0.264. The molecule has 0 aromatic heterocycles. The topological polar surface area (TPSA) is 80.4 Å². The molecule has 0 fully saturated rings. The van der Waals surface area contributed by atoms with Gasteiger partial charge in [0.25, 0.3) is 0 Å². The summed E-state index contributed by atoms with van der Waals surface area (Å²) in [5.74, 6) is -0.759. The zero-order chi connectivity index (χ0) is 17.3. The first kappa shape index (κ1) is 21.4. The van der Waals surface area contributed by atoms with E-state index in [1.807, 2.05) is 6.08 Å². The van der Waals surface area contributed by atoms with Crippen molar-refractivity contribution in [2.24, 2.45) is 0 Å². The first-order valence-corrected chi connectivity index (χ1v) is 8.79. The quantitative estimate of drug-likeness (QED) is 0.187. The Morgan fingerprint density at radius 3 is 2.22 bits per heavy atom. The van der Waals surface area contributed by atoms with E-state index in [1.165, 1.54) is 19.3 Å². The van der Waals surface area contributed by atoms with Crippen molar-refractivity contribution in [3.63, 3.8) is 0 Å². The number of nitro groups is 1. The summed E-state index contributed by atoms with van der Waals surface area (Å²) in [6.45, 7) is 2.17. The highest BCUT2D eigenvalue weighted by Gasteiger charge is 2.08. The molecule has 5 heteroatoms. The fourth-order valence-electron chi connectivity index (χ4n) is 2.31. The van der Waals surface area contributed by atoms with Crippen LogP contribution in [0.25, 0.3) is 0 Å². The molecule has 0 aliphatic carbocycles. The van der Waals surface area contributed by atoms with Crippen molar-refractivity contribution in [2.75, 3.05) is 0 Å². The molecule has 1 N–H and O–H groups in total. The maximum absolute atomic E-state index is 11.0. The van der Waals surface area contributed by atoms with Gasteiger partial charge in [-0.25, -0.2) is 0 Å². The van der Waals surface area contributed by atoms with Gasteiger partial charge in [0.1, 0.15) is 0 Å². The van der Waals surface area contributed by atoms with E-state index >= 15 is 0 Å². The Morgan fingerprint density at radius 2 is 1.61 bits per heavy atom. The summed E-state index contributed by atoms with van der Waals surface area (Å²) in [4.78, 5) is 21.0. The van der Waals surface area contributed by atoms with Crippen LogP contribution in [0.1, 0.15) is 84.0 Å². The van der Waals surface area contributed by atoms with Crippen LogP contribution in [0.4, 0.5) is 0 Å². The van der Waals surface area contributed by atoms with Crippen LogP contribution >= 0.6 is 0 Å². The van der Waals surface area contributed by atoms with E-state index in [2.05, 4.69) is 6.92 Å². The Morgan fingerprint density at radius 1 is 1.00 bits per heavy atom. The molecule has 0 aromatic rings. The molecule has 0 radical (unpaired) electrons. The SMILES string of the molecule is CCCCCC/C=C/C=C(/CCCCCCCC(=O)O)[N+](=O)[O-]. The van der Waals surface area contributed by atoms with Gasteiger partial charge in [-0.3, -0.25) is 14.9 Å². The molecule has 0 saturated heterocycles. The predicted octanol–water partition coefficient (Wildman–Crippen LogP) is 5.49. The first-order chi connectivity index (χ1) is 11.1. The van der Waals surface area contributed by atoms with Crippen LogP contribution in [-0.4, -0.2) is 16.0 Å². The van der Waals surface area contributed by atoms with Gasteiger partial charge in [-0.2, -0.15) is 0 Å². The number of carbonyl (C=O) groups is 1. The van der Waals surface area contributed by atoms with Crippen LogP contribution in [-0.2, 0) is 4.79 Å². The number of hydrogen-bond donors (Lipinski definition) is 1. The van der Waals surface area contributed by atoms with Gasteiger partial charge in [0.05, 0.1) is 4.92 Å². The molecule has 0 rings (SSSR count). The summed E-state index contributed by atoms with van der Waals surface area (Å²) >= 11 is 0. The molecule has 0 spiro atoms. The molecule has 0 unspecified atom stereocenters. The van der Waals surface area contributed by atoms with Crippen molar-refractivity contribution >= 4 is 5.97 Å². The lowest BCUT2D eigenvalue weighted by Gasteiger charge is -2.00. The highest BCUT2D eigenvalue weighted by atomic mass is 16.6. The molecule has 5 nitrogen and oxygen atoms in total. The van der Waals surface area contributed by atoms with E-state index in [-0.39, 0.29) is 17.0 Å². The predicted molar refractivity (Wildman–Crippen MR) is 92.9 cm³/mol. The van der Waals surface area contributed by atoms with Crippen molar-refractivity contribution < 1.29 is 14.8 Å². The third-order valence-corrected chi connectivity index (χ3v) is 3.71. The number of nitrogens with zero attached hydrogens (tertiary/aromatic N) is 1. The van der Waals surface area contributed by atoms with Crippen LogP contribution in [0.15, 0.2) is 23.9 Å². The molecule has 0 aliphatic heterocycles. The van der Waals surface area contributed by atoms with Crippen molar-refractivity contribution in [2.45, 2.75) is 84.0 Å². The van der Waals surface area contributed by atoms with Gasteiger partial charge >= 0.3 is 5.97 Å². The number of rotatable bonds is 15. The lowest BCUT2D eigenvalue weighted by Crippen LogP contribution is -1.98. The van der Waals surface area contributed by atoms with E-state index in [0.717, 1.165) is 38.5 Å². The number of allylic oxidation sites excluding steroid dienone is 4. The molecule has 23 heavy (non-hydrogen) atoms. The van der Waals surface area contributed by atoms with Crippen LogP contribution < -0.4 is 0 Å². The van der Waals surface area contributed by atoms with Crippen LogP contribution in [0.5, 0.6) is 0 Å². The van der Waals surface area contributed by atoms with Crippen molar-refractivity contribution in [1.82, 2.24) is 0 Å². The lowest BCUT2D eigenvalue weighted by molar-refractivity contribution is -0.428. The number of carboxylic acid groups (broad SMARTS) is 1. The summed E-state index contributed by atoms with van der Waals surface area (Å²) in [6, 6.07) is 0. The molecule has 0 amide bonds. The standard InChI is InChI=1S/C18H31NO4/c1-2-3-4-5-6-8-11-14-17(19(22)23)15-12-9-7-10-13-16-18(20)21/h8,11,14H,2-7,9-10,12-13,15-16H2,1H3,(H,20,21)/b11-8+,17-14-. The third kappa shape index (κ3) is 15.0. The smallest absolute Gasteiger partial charge is 0.303 e. The minimum Gasteiger partial charge on any atom is -0.481 e. The van der Waals surface area contributed by atoms with Crippen LogP contribution in [0.3, 0.4) is 0 Å². The molecule has 0 heterocycles. The van der Waals surface area contributed by atoms with Gasteiger partial charge in [-0.05, 0) is 25.7 Å². The Hall–Kier alpha value is -1.65. The number of aliphatic carboxylic acids is 1. The van der Waals surface area contributed by atoms with E-state index in [0.29, 0.717) is 12.8 Å². The van der Waals surface area contributed by atoms with Gasteiger partial charge < -0.3 is 5.11 Å². The summed E-state index contributed by atoms with van der Waals surface area (Å²) in [6.07, 6.45) is 16.1. The average molecular weight is 325 g/mol. The average Bonchev–Trinajstić information content (AvgIpc) is 2.50. The van der Waals surface area contributed by atoms with Gasteiger partial charge in [0, 0.05) is 18.9 Å². The van der Waals surface area contributed by atoms with E-state index in [9.17, 15) is 14.9 Å². The second kappa shape index (κ2) is 15.3. The Kier molecular flexibility index (Phi) is 14.2. The minimum absolute atomic E-state index is 0.211. The summed E-state index contributed by atoms with van der Waals surface area (Å²) in [5, 5.41) is 19.5. The lowest BCUT2D eigenvalue weighted by atomic mass is 10.1. The van der Waals surface area contributed by atoms with Crippen molar-refractivity contribution in [3.8, 4) is 0 Å². The van der Waals surface area contributed by atoms with Gasteiger partial charge in [-0.1, -0.05) is 57.6 Å². The fourth-order valence-corrected chi connectivity index (χ4v) is 2.31. The Balaban J connectivity index is 3.84. The van der Waals surface area contributed by atoms with Crippen LogP contribution in [0, 0.1) is 10.1 Å². The Bertz CT molecular complexity index is 388. The first-order valence-electron chi connectivity index (χ1n) is 8.79. The maximum atomic E-state index is 11.0. The largest absolute Gasteiger partial charge is 0.481 e. The van der Waals surface area contributed by atoms with E-state index < -0.39 is 5.97 Å². The number of unbranched alkanes of at least 4 members (excludes halogenated alkanes) is 8. The normalized spacial score (nSPS) is 12.0. The van der Waals surface area contributed by atoms with Crippen molar-refractivity contribution in [3.05, 3.63) is 34.0 Å². The monoisotopic (exact) mass is 325 g/mol. The molecular formula is C18H31NO4.